The number of carbonyl (C=O) groups is 1. The third-order valence-corrected chi connectivity index (χ3v) is 3.76. The highest BCUT2D eigenvalue weighted by Gasteiger charge is 2.30. The van der Waals surface area contributed by atoms with Crippen LogP contribution in [0.15, 0.2) is 29.0 Å². The second-order valence-electron chi connectivity index (χ2n) is 5.44. The Morgan fingerprint density at radius 2 is 2.45 bits per heavy atom. The lowest BCUT2D eigenvalue weighted by Gasteiger charge is -2.21. The van der Waals surface area contributed by atoms with E-state index in [4.69, 9.17) is 4.52 Å². The Labute approximate surface area is 128 Å². The average molecular weight is 301 g/mol. The van der Waals surface area contributed by atoms with Crippen molar-refractivity contribution in [2.75, 3.05) is 13.1 Å². The van der Waals surface area contributed by atoms with Gasteiger partial charge in [0.25, 0.3) is 0 Å². The van der Waals surface area contributed by atoms with Gasteiger partial charge in [0, 0.05) is 25.9 Å². The zero-order chi connectivity index (χ0) is 15.4. The summed E-state index contributed by atoms with van der Waals surface area (Å²) in [5, 5.41) is 6.90. The van der Waals surface area contributed by atoms with Crippen molar-refractivity contribution in [3.05, 3.63) is 41.8 Å². The lowest BCUT2D eigenvalue weighted by molar-refractivity contribution is -0.122. The predicted molar refractivity (Wildman–Crippen MR) is 78.7 cm³/mol. The van der Waals surface area contributed by atoms with Gasteiger partial charge in [-0.2, -0.15) is 4.98 Å². The van der Waals surface area contributed by atoms with Gasteiger partial charge in [0.2, 0.25) is 11.8 Å². The number of likely N-dealkylation sites (tertiary alicyclic amines) is 1. The number of amides is 1. The summed E-state index contributed by atoms with van der Waals surface area (Å²) in [7, 11) is 0. The van der Waals surface area contributed by atoms with Crippen LogP contribution in [0.5, 0.6) is 0 Å². The Hall–Kier alpha value is -2.28. The Bertz CT molecular complexity index is 628. The molecule has 0 aliphatic carbocycles. The predicted octanol–water partition coefficient (Wildman–Crippen LogP) is 1.23. The maximum atomic E-state index is 12.1. The molecule has 0 spiro atoms. The molecule has 0 bridgehead atoms. The van der Waals surface area contributed by atoms with Crippen molar-refractivity contribution in [1.29, 1.82) is 0 Å². The summed E-state index contributed by atoms with van der Waals surface area (Å²) >= 11 is 0. The highest BCUT2D eigenvalue weighted by Crippen LogP contribution is 2.29. The molecule has 22 heavy (non-hydrogen) atoms. The normalized spacial score (nSPS) is 18.5. The topological polar surface area (TPSA) is 84.2 Å². The van der Waals surface area contributed by atoms with E-state index in [1.54, 1.807) is 19.3 Å². The SMILES string of the molecule is Cc1nc(C2CCCN2CC(=O)NCc2cccnc2)no1. The molecule has 3 heterocycles. The molecule has 1 unspecified atom stereocenters. The van der Waals surface area contributed by atoms with Crippen molar-refractivity contribution in [3.8, 4) is 0 Å². The van der Waals surface area contributed by atoms with Gasteiger partial charge in [0.1, 0.15) is 0 Å². The summed E-state index contributed by atoms with van der Waals surface area (Å²) in [5.74, 6) is 1.23. The Morgan fingerprint density at radius 3 is 3.18 bits per heavy atom. The molecule has 7 nitrogen and oxygen atoms in total. The Morgan fingerprint density at radius 1 is 1.55 bits per heavy atom. The Kier molecular flexibility index (Phi) is 4.43. The summed E-state index contributed by atoms with van der Waals surface area (Å²) in [6.45, 7) is 3.49. The molecule has 7 heteroatoms. The van der Waals surface area contributed by atoms with Crippen LogP contribution >= 0.6 is 0 Å². The lowest BCUT2D eigenvalue weighted by Crippen LogP contribution is -2.36. The molecule has 0 saturated carbocycles. The first-order valence-corrected chi connectivity index (χ1v) is 7.42. The van der Waals surface area contributed by atoms with Crippen molar-refractivity contribution in [1.82, 2.24) is 25.3 Å². The van der Waals surface area contributed by atoms with E-state index in [1.807, 2.05) is 12.1 Å². The molecular weight excluding hydrogens is 282 g/mol. The fraction of sp³-hybridized carbons (Fsp3) is 0.467. The number of rotatable bonds is 5. The zero-order valence-electron chi connectivity index (χ0n) is 12.5. The molecule has 1 aliphatic rings. The molecule has 2 aromatic heterocycles. The van der Waals surface area contributed by atoms with Crippen molar-refractivity contribution in [2.45, 2.75) is 32.4 Å². The largest absolute Gasteiger partial charge is 0.351 e. The van der Waals surface area contributed by atoms with Crippen molar-refractivity contribution < 1.29 is 9.32 Å². The summed E-state index contributed by atoms with van der Waals surface area (Å²) in [6.07, 6.45) is 5.46. The number of carbonyl (C=O) groups excluding carboxylic acids is 1. The fourth-order valence-corrected chi connectivity index (χ4v) is 2.70. The molecule has 0 aromatic carbocycles. The van der Waals surface area contributed by atoms with Crippen LogP contribution < -0.4 is 5.32 Å². The van der Waals surface area contributed by atoms with E-state index < -0.39 is 0 Å². The van der Waals surface area contributed by atoms with E-state index in [0.29, 0.717) is 24.8 Å². The van der Waals surface area contributed by atoms with Crippen LogP contribution in [-0.2, 0) is 11.3 Å². The average Bonchev–Trinajstić information content (AvgIpc) is 3.15. The number of nitrogens with zero attached hydrogens (tertiary/aromatic N) is 4. The zero-order valence-corrected chi connectivity index (χ0v) is 12.5. The molecular formula is C15H19N5O2. The van der Waals surface area contributed by atoms with Crippen LogP contribution in [0.1, 0.15) is 36.2 Å². The van der Waals surface area contributed by atoms with Crippen molar-refractivity contribution >= 4 is 5.91 Å². The van der Waals surface area contributed by atoms with Crippen LogP contribution in [0, 0.1) is 6.92 Å². The molecule has 2 aromatic rings. The highest BCUT2D eigenvalue weighted by atomic mass is 16.5. The van der Waals surface area contributed by atoms with Crippen LogP contribution in [0.4, 0.5) is 0 Å². The van der Waals surface area contributed by atoms with E-state index >= 15 is 0 Å². The van der Waals surface area contributed by atoms with Crippen LogP contribution in [-0.4, -0.2) is 39.0 Å². The third kappa shape index (κ3) is 3.48. The quantitative estimate of drug-likeness (QED) is 0.894. The van der Waals surface area contributed by atoms with Gasteiger partial charge in [-0.1, -0.05) is 11.2 Å². The summed E-state index contributed by atoms with van der Waals surface area (Å²) < 4.78 is 5.04. The van der Waals surface area contributed by atoms with E-state index in [-0.39, 0.29) is 11.9 Å². The van der Waals surface area contributed by atoms with Gasteiger partial charge in [-0.05, 0) is 31.0 Å². The van der Waals surface area contributed by atoms with E-state index in [2.05, 4.69) is 25.3 Å². The number of aryl methyl sites for hydroxylation is 1. The number of pyridine rings is 1. The third-order valence-electron chi connectivity index (χ3n) is 3.76. The second kappa shape index (κ2) is 6.65. The van der Waals surface area contributed by atoms with Gasteiger partial charge in [0.05, 0.1) is 12.6 Å². The summed E-state index contributed by atoms with van der Waals surface area (Å²) in [4.78, 5) is 22.5. The summed E-state index contributed by atoms with van der Waals surface area (Å²) in [5.41, 5.74) is 0.989. The van der Waals surface area contributed by atoms with E-state index in [0.717, 1.165) is 24.9 Å². The first kappa shape index (κ1) is 14.6. The monoisotopic (exact) mass is 301 g/mol. The molecule has 1 N–H and O–H groups in total. The van der Waals surface area contributed by atoms with Crippen molar-refractivity contribution in [3.63, 3.8) is 0 Å². The molecule has 3 rings (SSSR count). The number of aromatic nitrogens is 3. The maximum Gasteiger partial charge on any atom is 0.234 e. The smallest absolute Gasteiger partial charge is 0.234 e. The van der Waals surface area contributed by atoms with Crippen molar-refractivity contribution in [2.24, 2.45) is 0 Å². The lowest BCUT2D eigenvalue weighted by atomic mass is 10.2. The fourth-order valence-electron chi connectivity index (χ4n) is 2.70. The minimum Gasteiger partial charge on any atom is -0.351 e. The molecule has 0 radical (unpaired) electrons. The van der Waals surface area contributed by atoms with Crippen LogP contribution in [0.25, 0.3) is 0 Å². The Balaban J connectivity index is 1.54. The van der Waals surface area contributed by atoms with Gasteiger partial charge < -0.3 is 9.84 Å². The minimum atomic E-state index is -0.00373. The molecule has 1 amide bonds. The van der Waals surface area contributed by atoms with E-state index in [9.17, 15) is 4.79 Å². The van der Waals surface area contributed by atoms with Gasteiger partial charge in [-0.15, -0.1) is 0 Å². The number of nitrogens with one attached hydrogen (secondary N) is 1. The van der Waals surface area contributed by atoms with Gasteiger partial charge in [-0.3, -0.25) is 14.7 Å². The second-order valence-corrected chi connectivity index (χ2v) is 5.44. The number of hydrogen-bond donors (Lipinski definition) is 1. The molecule has 1 aliphatic heterocycles. The molecule has 1 atom stereocenters. The molecule has 116 valence electrons. The standard InChI is InChI=1S/C15H19N5O2/c1-11-18-15(19-22-11)13-5-3-7-20(13)10-14(21)17-9-12-4-2-6-16-8-12/h2,4,6,8,13H,3,5,7,9-10H2,1H3,(H,17,21). The van der Waals surface area contributed by atoms with Crippen LogP contribution in [0.3, 0.4) is 0 Å². The highest BCUT2D eigenvalue weighted by molar-refractivity contribution is 5.78. The first-order valence-electron chi connectivity index (χ1n) is 7.42. The van der Waals surface area contributed by atoms with Gasteiger partial charge >= 0.3 is 0 Å². The maximum absolute atomic E-state index is 12.1. The minimum absolute atomic E-state index is 0.00373. The van der Waals surface area contributed by atoms with Gasteiger partial charge in [0.15, 0.2) is 5.82 Å². The molecule has 1 saturated heterocycles. The first-order chi connectivity index (χ1) is 10.7. The van der Waals surface area contributed by atoms with Gasteiger partial charge in [-0.25, -0.2) is 0 Å². The summed E-state index contributed by atoms with van der Waals surface area (Å²) in [6, 6.07) is 3.87. The van der Waals surface area contributed by atoms with E-state index in [1.165, 1.54) is 0 Å². The molecule has 1 fully saturated rings. The number of hydrogen-bond acceptors (Lipinski definition) is 6. The van der Waals surface area contributed by atoms with Crippen LogP contribution in [0.2, 0.25) is 0 Å².